The van der Waals surface area contributed by atoms with Crippen molar-refractivity contribution in [2.75, 3.05) is 0 Å². The van der Waals surface area contributed by atoms with E-state index in [1.54, 1.807) is 0 Å². The summed E-state index contributed by atoms with van der Waals surface area (Å²) in [5.41, 5.74) is 10.6. The van der Waals surface area contributed by atoms with Gasteiger partial charge in [-0.3, -0.25) is 4.79 Å². The van der Waals surface area contributed by atoms with Gasteiger partial charge in [-0.2, -0.15) is 0 Å². The van der Waals surface area contributed by atoms with Gasteiger partial charge >= 0.3 is 6.36 Å². The fourth-order valence-corrected chi connectivity index (χ4v) is 2.85. The minimum absolute atomic E-state index is 0.229. The molecule has 0 atom stereocenters. The van der Waals surface area contributed by atoms with E-state index in [4.69, 9.17) is 5.53 Å². The third kappa shape index (κ3) is 6.58. The summed E-state index contributed by atoms with van der Waals surface area (Å²) in [7, 11) is 0. The van der Waals surface area contributed by atoms with E-state index in [2.05, 4.69) is 24.8 Å². The topological polar surface area (TPSA) is 106 Å². The predicted octanol–water partition coefficient (Wildman–Crippen LogP) is 5.38. The molecule has 31 heavy (non-hydrogen) atoms. The molecular weight excluding hydrogens is 413 g/mol. The second-order valence-electron chi connectivity index (χ2n) is 6.54. The Hall–Kier alpha value is -3.85. The Morgan fingerprint density at radius 3 is 2.45 bits per heavy atom. The summed E-state index contributed by atoms with van der Waals surface area (Å²) in [5, 5.41) is 7.39. The highest BCUT2D eigenvalue weighted by atomic mass is 19.4. The van der Waals surface area contributed by atoms with E-state index in [0.717, 1.165) is 24.0 Å². The molecule has 0 bridgehead atoms. The third-order valence-corrected chi connectivity index (χ3v) is 4.30. The van der Waals surface area contributed by atoms with Gasteiger partial charge in [0.05, 0.1) is 5.69 Å². The Kier molecular flexibility index (Phi) is 6.88. The van der Waals surface area contributed by atoms with Crippen LogP contribution in [0.2, 0.25) is 0 Å². The number of ether oxygens (including phenoxy) is 1. The fraction of sp³-hybridized carbons (Fsp3) is 0.250. The number of benzene rings is 2. The van der Waals surface area contributed by atoms with Gasteiger partial charge in [-0.25, -0.2) is 9.67 Å². The van der Waals surface area contributed by atoms with Gasteiger partial charge in [0, 0.05) is 16.9 Å². The number of carbonyl (C=O) groups is 1. The zero-order chi connectivity index (χ0) is 22.3. The highest BCUT2D eigenvalue weighted by molar-refractivity contribution is 5.76. The van der Waals surface area contributed by atoms with Crippen molar-refractivity contribution in [3.63, 3.8) is 0 Å². The molecule has 0 aliphatic rings. The van der Waals surface area contributed by atoms with Crippen LogP contribution in [0, 0.1) is 0 Å². The highest BCUT2D eigenvalue weighted by Gasteiger charge is 2.31. The van der Waals surface area contributed by atoms with E-state index in [1.807, 2.05) is 24.3 Å². The average Bonchev–Trinajstić information content (AvgIpc) is 3.21. The van der Waals surface area contributed by atoms with Gasteiger partial charge in [0.25, 0.3) is 0 Å². The van der Waals surface area contributed by atoms with Crippen molar-refractivity contribution in [1.82, 2.24) is 14.8 Å². The zero-order valence-electron chi connectivity index (χ0n) is 16.2. The summed E-state index contributed by atoms with van der Waals surface area (Å²) >= 11 is 0. The van der Waals surface area contributed by atoms with Crippen molar-refractivity contribution < 1.29 is 22.7 Å². The predicted molar refractivity (Wildman–Crippen MR) is 105 cm³/mol. The molecule has 1 heterocycles. The standard InChI is InChI=1S/C20H17F3N6O2/c21-20(22,23)31-17-11-9-16(10-12-17)29-13-25-19(27-29)15-7-5-14(6-8-15)3-1-2-4-18(30)26-28-24/h5-13H,1-4H2. The first-order chi connectivity index (χ1) is 14.8. The van der Waals surface area contributed by atoms with Crippen LogP contribution in [-0.4, -0.2) is 27.0 Å². The Labute approximate surface area is 174 Å². The van der Waals surface area contributed by atoms with Gasteiger partial charge in [-0.1, -0.05) is 24.3 Å². The number of alkyl halides is 3. The minimum atomic E-state index is -4.74. The normalized spacial score (nSPS) is 11.1. The lowest BCUT2D eigenvalue weighted by Gasteiger charge is -2.09. The molecule has 3 rings (SSSR count). The maximum absolute atomic E-state index is 12.3. The molecule has 0 N–H and O–H groups in total. The smallest absolute Gasteiger partial charge is 0.406 e. The van der Waals surface area contributed by atoms with Gasteiger partial charge in [0.1, 0.15) is 12.1 Å². The molecule has 0 saturated heterocycles. The molecule has 0 aliphatic carbocycles. The Morgan fingerprint density at radius 2 is 1.81 bits per heavy atom. The average molecular weight is 430 g/mol. The van der Waals surface area contributed by atoms with E-state index in [-0.39, 0.29) is 12.2 Å². The quantitative estimate of drug-likeness (QED) is 0.207. The maximum atomic E-state index is 12.3. The first-order valence-electron chi connectivity index (χ1n) is 9.29. The van der Waals surface area contributed by atoms with Crippen LogP contribution in [0.5, 0.6) is 5.75 Å². The molecular formula is C20H17F3N6O2. The van der Waals surface area contributed by atoms with Crippen LogP contribution < -0.4 is 4.74 Å². The molecule has 8 nitrogen and oxygen atoms in total. The van der Waals surface area contributed by atoms with E-state index in [1.165, 1.54) is 35.3 Å². The monoisotopic (exact) mass is 430 g/mol. The summed E-state index contributed by atoms with van der Waals surface area (Å²) < 4.78 is 42.1. The molecule has 2 aromatic carbocycles. The number of unbranched alkanes of at least 4 members (excludes halogenated alkanes) is 1. The molecule has 0 aliphatic heterocycles. The Morgan fingerprint density at radius 1 is 1.10 bits per heavy atom. The lowest BCUT2D eigenvalue weighted by Crippen LogP contribution is -2.17. The number of aryl methyl sites for hydroxylation is 1. The fourth-order valence-electron chi connectivity index (χ4n) is 2.85. The molecule has 0 spiro atoms. The summed E-state index contributed by atoms with van der Waals surface area (Å²) in [6.07, 6.45) is -0.836. The highest BCUT2D eigenvalue weighted by Crippen LogP contribution is 2.24. The van der Waals surface area contributed by atoms with Crippen molar-refractivity contribution in [2.24, 2.45) is 5.11 Å². The van der Waals surface area contributed by atoms with Crippen LogP contribution in [0.1, 0.15) is 24.8 Å². The number of aromatic nitrogens is 3. The van der Waals surface area contributed by atoms with Gasteiger partial charge in [0.15, 0.2) is 5.82 Å². The lowest BCUT2D eigenvalue weighted by molar-refractivity contribution is -0.274. The maximum Gasteiger partial charge on any atom is 0.573 e. The Bertz CT molecular complexity index is 1070. The number of hydrogen-bond acceptors (Lipinski definition) is 4. The van der Waals surface area contributed by atoms with Crippen LogP contribution in [0.25, 0.3) is 27.5 Å². The number of hydrogen-bond donors (Lipinski definition) is 0. The van der Waals surface area contributed by atoms with Crippen molar-refractivity contribution in [3.05, 3.63) is 70.9 Å². The number of amides is 1. The van der Waals surface area contributed by atoms with Crippen LogP contribution in [0.4, 0.5) is 13.2 Å². The van der Waals surface area contributed by atoms with E-state index in [0.29, 0.717) is 17.9 Å². The molecule has 0 unspecified atom stereocenters. The summed E-state index contributed by atoms with van der Waals surface area (Å²) in [6, 6.07) is 13.0. The van der Waals surface area contributed by atoms with E-state index in [9.17, 15) is 18.0 Å². The van der Waals surface area contributed by atoms with E-state index >= 15 is 0 Å². The Balaban J connectivity index is 1.58. The third-order valence-electron chi connectivity index (χ3n) is 4.30. The van der Waals surface area contributed by atoms with Crippen molar-refractivity contribution in [1.29, 1.82) is 0 Å². The van der Waals surface area contributed by atoms with Crippen LogP contribution >= 0.6 is 0 Å². The molecule has 11 heteroatoms. The molecule has 0 saturated carbocycles. The van der Waals surface area contributed by atoms with Gasteiger partial charge in [-0.15, -0.1) is 18.3 Å². The SMILES string of the molecule is [N-]=[N+]=NC(=O)CCCCc1ccc(-c2ncn(-c3ccc(OC(F)(F)F)cc3)n2)cc1. The number of nitrogens with zero attached hydrogens (tertiary/aromatic N) is 6. The lowest BCUT2D eigenvalue weighted by atomic mass is 10.0. The number of rotatable bonds is 8. The van der Waals surface area contributed by atoms with Gasteiger partial charge in [0.2, 0.25) is 5.91 Å². The minimum Gasteiger partial charge on any atom is -0.406 e. The summed E-state index contributed by atoms with van der Waals surface area (Å²) in [6.45, 7) is 0. The molecule has 1 aromatic heterocycles. The zero-order valence-corrected chi connectivity index (χ0v) is 16.2. The summed E-state index contributed by atoms with van der Waals surface area (Å²) in [4.78, 5) is 17.9. The van der Waals surface area contributed by atoms with Gasteiger partial charge in [-0.05, 0) is 59.7 Å². The first-order valence-corrected chi connectivity index (χ1v) is 9.29. The molecule has 3 aromatic rings. The number of azide groups is 1. The molecule has 0 radical (unpaired) electrons. The van der Waals surface area contributed by atoms with Crippen LogP contribution in [0.3, 0.4) is 0 Å². The van der Waals surface area contributed by atoms with Gasteiger partial charge < -0.3 is 4.74 Å². The van der Waals surface area contributed by atoms with Crippen molar-refractivity contribution >= 4 is 5.91 Å². The van der Waals surface area contributed by atoms with Crippen molar-refractivity contribution in [3.8, 4) is 22.8 Å². The largest absolute Gasteiger partial charge is 0.573 e. The molecule has 1 amide bonds. The molecule has 0 fully saturated rings. The summed E-state index contributed by atoms with van der Waals surface area (Å²) in [5.74, 6) is -0.293. The first kappa shape index (κ1) is 21.8. The van der Waals surface area contributed by atoms with Crippen LogP contribution in [-0.2, 0) is 11.2 Å². The second kappa shape index (κ2) is 9.77. The molecule has 160 valence electrons. The van der Waals surface area contributed by atoms with E-state index < -0.39 is 12.3 Å². The van der Waals surface area contributed by atoms with Crippen LogP contribution in [0.15, 0.2) is 60.0 Å². The number of carbonyl (C=O) groups excluding carboxylic acids is 1. The number of halogens is 3. The second-order valence-corrected chi connectivity index (χ2v) is 6.54. The van der Waals surface area contributed by atoms with Crippen molar-refractivity contribution in [2.45, 2.75) is 32.0 Å².